The van der Waals surface area contributed by atoms with Crippen molar-refractivity contribution in [1.29, 1.82) is 0 Å². The molecule has 110 valence electrons. The molecule has 0 saturated carbocycles. The van der Waals surface area contributed by atoms with Crippen LogP contribution >= 0.6 is 0 Å². The first kappa shape index (κ1) is 13.9. The molecule has 0 aliphatic carbocycles. The highest BCUT2D eigenvalue weighted by molar-refractivity contribution is 5.77. The summed E-state index contributed by atoms with van der Waals surface area (Å²) < 4.78 is 14.5. The van der Waals surface area contributed by atoms with Crippen molar-refractivity contribution >= 4 is 16.6 Å². The molecule has 0 unspecified atom stereocenters. The van der Waals surface area contributed by atoms with Crippen LogP contribution in [0, 0.1) is 15.9 Å². The first-order valence-corrected chi connectivity index (χ1v) is 6.42. The monoisotopic (exact) mass is 299 g/mol. The van der Waals surface area contributed by atoms with E-state index in [9.17, 15) is 19.3 Å². The second kappa shape index (κ2) is 5.36. The molecule has 1 aromatic heterocycles. The Balaban J connectivity index is 1.97. The number of hydrogen-bond acceptors (Lipinski definition) is 4. The Morgan fingerprint density at radius 1 is 1.18 bits per heavy atom. The van der Waals surface area contributed by atoms with Crippen LogP contribution < -0.4 is 5.56 Å². The molecular formula is C15H10FN3O3. The molecule has 22 heavy (non-hydrogen) atoms. The van der Waals surface area contributed by atoms with Gasteiger partial charge in [-0.15, -0.1) is 0 Å². The molecular weight excluding hydrogens is 289 g/mol. The smallest absolute Gasteiger partial charge is 0.269 e. The van der Waals surface area contributed by atoms with Crippen LogP contribution in [0.3, 0.4) is 0 Å². The third-order valence-corrected chi connectivity index (χ3v) is 3.29. The van der Waals surface area contributed by atoms with Crippen LogP contribution in [0.5, 0.6) is 0 Å². The largest absolute Gasteiger partial charge is 0.294 e. The number of hydrogen-bond donors (Lipinski definition) is 0. The van der Waals surface area contributed by atoms with Crippen LogP contribution in [0.1, 0.15) is 5.56 Å². The second-order valence-electron chi connectivity index (χ2n) is 4.76. The van der Waals surface area contributed by atoms with Crippen LogP contribution in [-0.4, -0.2) is 14.5 Å². The van der Waals surface area contributed by atoms with E-state index in [2.05, 4.69) is 4.98 Å². The van der Waals surface area contributed by atoms with Crippen molar-refractivity contribution in [3.05, 3.63) is 80.6 Å². The van der Waals surface area contributed by atoms with Crippen LogP contribution in [-0.2, 0) is 6.54 Å². The highest BCUT2D eigenvalue weighted by atomic mass is 19.1. The maximum absolute atomic E-state index is 13.1. The second-order valence-corrected chi connectivity index (χ2v) is 4.76. The molecule has 3 aromatic rings. The predicted molar refractivity (Wildman–Crippen MR) is 78.2 cm³/mol. The van der Waals surface area contributed by atoms with Gasteiger partial charge in [0.1, 0.15) is 5.82 Å². The van der Waals surface area contributed by atoms with Gasteiger partial charge >= 0.3 is 0 Å². The SMILES string of the molecule is O=c1c2ccc(F)cc2ncn1Cc1ccc([N+](=O)[O-])cc1. The van der Waals surface area contributed by atoms with E-state index >= 15 is 0 Å². The standard InChI is InChI=1S/C15H10FN3O3/c16-11-3-6-13-14(7-11)17-9-18(15(13)20)8-10-1-4-12(5-2-10)19(21)22/h1-7,9H,8H2. The Morgan fingerprint density at radius 3 is 2.59 bits per heavy atom. The number of rotatable bonds is 3. The fourth-order valence-corrected chi connectivity index (χ4v) is 2.16. The lowest BCUT2D eigenvalue weighted by atomic mass is 10.2. The van der Waals surface area contributed by atoms with Gasteiger partial charge in [0, 0.05) is 18.2 Å². The zero-order valence-corrected chi connectivity index (χ0v) is 11.3. The molecule has 7 heteroatoms. The average Bonchev–Trinajstić information content (AvgIpc) is 2.50. The summed E-state index contributed by atoms with van der Waals surface area (Å²) in [6.07, 6.45) is 1.34. The number of benzene rings is 2. The summed E-state index contributed by atoms with van der Waals surface area (Å²) in [6, 6.07) is 9.73. The lowest BCUT2D eigenvalue weighted by molar-refractivity contribution is -0.384. The quantitative estimate of drug-likeness (QED) is 0.550. The molecule has 0 saturated heterocycles. The number of halogens is 1. The van der Waals surface area contributed by atoms with Crippen molar-refractivity contribution in [1.82, 2.24) is 9.55 Å². The van der Waals surface area contributed by atoms with E-state index in [-0.39, 0.29) is 17.8 Å². The van der Waals surface area contributed by atoms with Crippen molar-refractivity contribution in [2.75, 3.05) is 0 Å². The summed E-state index contributed by atoms with van der Waals surface area (Å²) in [4.78, 5) is 26.5. The van der Waals surface area contributed by atoms with Gasteiger partial charge in [-0.1, -0.05) is 12.1 Å². The van der Waals surface area contributed by atoms with Gasteiger partial charge in [0.2, 0.25) is 0 Å². The van der Waals surface area contributed by atoms with Crippen molar-refractivity contribution in [3.63, 3.8) is 0 Å². The zero-order valence-electron chi connectivity index (χ0n) is 11.3. The first-order valence-electron chi connectivity index (χ1n) is 6.42. The van der Waals surface area contributed by atoms with E-state index in [0.29, 0.717) is 10.9 Å². The summed E-state index contributed by atoms with van der Waals surface area (Å²) in [6.45, 7) is 0.233. The maximum atomic E-state index is 13.1. The van der Waals surface area contributed by atoms with Gasteiger partial charge in [-0.05, 0) is 17.7 Å². The zero-order chi connectivity index (χ0) is 15.7. The summed E-state index contributed by atoms with van der Waals surface area (Å²) in [5.41, 5.74) is 0.729. The van der Waals surface area contributed by atoms with Crippen molar-refractivity contribution < 1.29 is 9.31 Å². The minimum Gasteiger partial charge on any atom is -0.294 e. The van der Waals surface area contributed by atoms with Crippen molar-refractivity contribution in [2.24, 2.45) is 0 Å². The molecule has 0 aliphatic rings. The molecule has 6 nitrogen and oxygen atoms in total. The number of nitro groups is 1. The van der Waals surface area contributed by atoms with E-state index in [4.69, 9.17) is 0 Å². The fourth-order valence-electron chi connectivity index (χ4n) is 2.16. The summed E-state index contributed by atoms with van der Waals surface area (Å²) in [5, 5.41) is 10.9. The Hall–Kier alpha value is -3.09. The molecule has 0 aliphatic heterocycles. The van der Waals surface area contributed by atoms with Crippen molar-refractivity contribution in [2.45, 2.75) is 6.54 Å². The molecule has 2 aromatic carbocycles. The van der Waals surface area contributed by atoms with Crippen molar-refractivity contribution in [3.8, 4) is 0 Å². The Morgan fingerprint density at radius 2 is 1.91 bits per heavy atom. The highest BCUT2D eigenvalue weighted by Gasteiger charge is 2.07. The van der Waals surface area contributed by atoms with E-state index in [0.717, 1.165) is 5.56 Å². The minimum atomic E-state index is -0.484. The highest BCUT2D eigenvalue weighted by Crippen LogP contribution is 2.13. The normalized spacial score (nSPS) is 10.8. The molecule has 3 rings (SSSR count). The Kier molecular flexibility index (Phi) is 3.38. The molecule has 0 fully saturated rings. The van der Waals surface area contributed by atoms with Gasteiger partial charge in [-0.25, -0.2) is 9.37 Å². The summed E-state index contributed by atoms with van der Waals surface area (Å²) >= 11 is 0. The van der Waals surface area contributed by atoms with E-state index in [1.165, 1.54) is 41.2 Å². The first-order chi connectivity index (χ1) is 10.5. The molecule has 0 spiro atoms. The predicted octanol–water partition coefficient (Wildman–Crippen LogP) is 2.49. The minimum absolute atomic E-state index is 0.0109. The number of nitrogens with zero attached hydrogens (tertiary/aromatic N) is 3. The molecule has 0 N–H and O–H groups in total. The van der Waals surface area contributed by atoms with E-state index in [1.807, 2.05) is 0 Å². The topological polar surface area (TPSA) is 78.0 Å². The number of non-ortho nitro benzene ring substituents is 1. The lowest BCUT2D eigenvalue weighted by Crippen LogP contribution is -2.21. The van der Waals surface area contributed by atoms with Gasteiger partial charge < -0.3 is 0 Å². The van der Waals surface area contributed by atoms with Gasteiger partial charge in [-0.3, -0.25) is 19.5 Å². The fraction of sp³-hybridized carbons (Fsp3) is 0.0667. The third kappa shape index (κ3) is 2.56. The van der Waals surface area contributed by atoms with E-state index in [1.54, 1.807) is 12.1 Å². The Bertz CT molecular complexity index is 919. The average molecular weight is 299 g/mol. The van der Waals surface area contributed by atoms with Gasteiger partial charge in [0.15, 0.2) is 0 Å². The number of fused-ring (bicyclic) bond motifs is 1. The lowest BCUT2D eigenvalue weighted by Gasteiger charge is -2.06. The number of aromatic nitrogens is 2. The van der Waals surface area contributed by atoms with Gasteiger partial charge in [0.05, 0.1) is 28.7 Å². The molecule has 1 heterocycles. The van der Waals surface area contributed by atoms with E-state index < -0.39 is 10.7 Å². The van der Waals surface area contributed by atoms with Gasteiger partial charge in [-0.2, -0.15) is 0 Å². The van der Waals surface area contributed by atoms with Crippen LogP contribution in [0.2, 0.25) is 0 Å². The van der Waals surface area contributed by atoms with Crippen LogP contribution in [0.15, 0.2) is 53.6 Å². The Labute approximate surface area is 123 Å². The summed E-state index contributed by atoms with van der Waals surface area (Å²) in [7, 11) is 0. The van der Waals surface area contributed by atoms with Crippen LogP contribution in [0.25, 0.3) is 10.9 Å². The molecule has 0 bridgehead atoms. The molecule has 0 radical (unpaired) electrons. The summed E-state index contributed by atoms with van der Waals surface area (Å²) in [5.74, 6) is -0.451. The third-order valence-electron chi connectivity index (χ3n) is 3.29. The maximum Gasteiger partial charge on any atom is 0.269 e. The van der Waals surface area contributed by atoms with Gasteiger partial charge in [0.25, 0.3) is 11.2 Å². The molecule has 0 amide bonds. The van der Waals surface area contributed by atoms with Crippen LogP contribution in [0.4, 0.5) is 10.1 Å². The number of nitro benzene ring substituents is 1. The molecule has 0 atom stereocenters.